The Kier molecular flexibility index (Phi) is 18.2. The molecular weight excluding hydrogens is 1500 g/mol. The lowest BCUT2D eigenvalue weighted by molar-refractivity contribution is 1.19. The van der Waals surface area contributed by atoms with Gasteiger partial charge < -0.3 is 18.9 Å². The summed E-state index contributed by atoms with van der Waals surface area (Å²) in [7, 11) is 0. The second-order valence-electron chi connectivity index (χ2n) is 32.4. The van der Waals surface area contributed by atoms with Crippen molar-refractivity contribution in [2.45, 2.75) is 0 Å². The van der Waals surface area contributed by atoms with Gasteiger partial charge in [-0.1, -0.05) is 340 Å². The Balaban J connectivity index is 0.000000143. The molecule has 0 bridgehead atoms. The number of fused-ring (bicyclic) bond motifs is 12. The molecule has 2 aromatic heterocycles. The lowest BCUT2D eigenvalue weighted by atomic mass is 9.97. The van der Waals surface area contributed by atoms with Gasteiger partial charge in [-0.15, -0.1) is 0 Å². The monoisotopic (exact) mass is 1580 g/mol. The third kappa shape index (κ3) is 13.4. The summed E-state index contributed by atoms with van der Waals surface area (Å²) in [5, 5.41) is 20.0. The number of para-hydroxylation sites is 2. The molecule has 0 spiro atoms. The van der Waals surface area contributed by atoms with Gasteiger partial charge in [0.2, 0.25) is 0 Å². The molecule has 0 unspecified atom stereocenters. The summed E-state index contributed by atoms with van der Waals surface area (Å²) in [5.41, 5.74) is 28.2. The van der Waals surface area contributed by atoms with Crippen LogP contribution in [0.25, 0.3) is 186 Å². The van der Waals surface area contributed by atoms with Crippen molar-refractivity contribution in [3.8, 4) is 78.1 Å². The Bertz CT molecular complexity index is 7950. The van der Waals surface area contributed by atoms with Gasteiger partial charge in [0.05, 0.1) is 22.1 Å². The fourth-order valence-electron chi connectivity index (χ4n) is 18.9. The highest BCUT2D eigenvalue weighted by molar-refractivity contribution is 6.13. The van der Waals surface area contributed by atoms with E-state index in [0.29, 0.717) is 0 Å². The molecule has 0 amide bonds. The van der Waals surface area contributed by atoms with Gasteiger partial charge in [-0.05, 0) is 277 Å². The Hall–Kier alpha value is -16.4. The Morgan fingerprint density at radius 3 is 0.702 bits per heavy atom. The van der Waals surface area contributed by atoms with Crippen molar-refractivity contribution in [2.75, 3.05) is 9.80 Å². The third-order valence-electron chi connectivity index (χ3n) is 25.1. The van der Waals surface area contributed by atoms with Crippen molar-refractivity contribution in [3.05, 3.63) is 485 Å². The zero-order valence-electron chi connectivity index (χ0n) is 68.0. The van der Waals surface area contributed by atoms with Crippen molar-refractivity contribution < 1.29 is 0 Å². The zero-order chi connectivity index (χ0) is 82.0. The van der Waals surface area contributed by atoms with E-state index in [0.717, 1.165) is 34.1 Å². The standard InChI is InChI=1S/2C60H40N2/c1-4-12-47-37-50(19-17-41(47)9-1)44-21-29-53(30-22-44)61(54-31-23-45(24-32-54)51-20-18-42-10-2-5-13-48(42)38-51)55-33-25-46(26-34-55)52-28-36-60-58(40-52)57-15-7-8-16-59(57)62(60)56-35-27-43-11-3-6-14-49(43)39-56;1-2-14-47-39-52(37-25-41(47)11-1)62-59-22-8-7-19-57(59)58-40-48(30-38-60(58)62)42-23-31-49(32-24-42)61(50-33-26-45(27-34-50)55-20-9-15-43-12-3-5-17-53(43)55)51-35-28-46(29-36-51)56-21-10-16-44-13-4-6-18-54(44)56/h2*1-40H. The second kappa shape index (κ2) is 31.1. The molecule has 0 fully saturated rings. The van der Waals surface area contributed by atoms with Gasteiger partial charge in [-0.25, -0.2) is 0 Å². The molecule has 0 saturated carbocycles. The molecule has 24 rings (SSSR count). The quantitative estimate of drug-likeness (QED) is 0.108. The van der Waals surface area contributed by atoms with E-state index >= 15 is 0 Å². The van der Waals surface area contributed by atoms with E-state index in [9.17, 15) is 0 Å². The molecule has 0 saturated heterocycles. The summed E-state index contributed by atoms with van der Waals surface area (Å²) >= 11 is 0. The predicted octanol–water partition coefficient (Wildman–Crippen LogP) is 33.4. The maximum Gasteiger partial charge on any atom is 0.0541 e. The number of hydrogen-bond acceptors (Lipinski definition) is 2. The molecule has 0 N–H and O–H groups in total. The first-order chi connectivity index (χ1) is 61.4. The fraction of sp³-hybridized carbons (Fsp3) is 0. The summed E-state index contributed by atoms with van der Waals surface area (Å²) < 4.78 is 4.80. The largest absolute Gasteiger partial charge is 0.311 e. The molecule has 2 heterocycles. The molecule has 124 heavy (non-hydrogen) atoms. The first-order valence-corrected chi connectivity index (χ1v) is 42.6. The first kappa shape index (κ1) is 72.8. The molecule has 0 aliphatic carbocycles. The number of nitrogens with zero attached hydrogens (tertiary/aromatic N) is 4. The van der Waals surface area contributed by atoms with Crippen molar-refractivity contribution in [1.82, 2.24) is 9.13 Å². The van der Waals surface area contributed by atoms with Gasteiger partial charge in [0.1, 0.15) is 0 Å². The van der Waals surface area contributed by atoms with Gasteiger partial charge in [-0.3, -0.25) is 0 Å². The third-order valence-corrected chi connectivity index (χ3v) is 25.1. The summed E-state index contributed by atoms with van der Waals surface area (Å²) in [4.78, 5) is 4.72. The minimum absolute atomic E-state index is 1.10. The molecular formula is C120H80N4. The average molecular weight is 1580 g/mol. The molecule has 580 valence electrons. The minimum Gasteiger partial charge on any atom is -0.311 e. The zero-order valence-corrected chi connectivity index (χ0v) is 68.0. The lowest BCUT2D eigenvalue weighted by Crippen LogP contribution is -2.09. The first-order valence-electron chi connectivity index (χ1n) is 42.6. The van der Waals surface area contributed by atoms with Gasteiger partial charge in [0.25, 0.3) is 0 Å². The normalized spacial score (nSPS) is 11.5. The molecule has 22 aromatic carbocycles. The Labute approximate surface area is 719 Å². The molecule has 0 radical (unpaired) electrons. The van der Waals surface area contributed by atoms with Crippen LogP contribution in [0.5, 0.6) is 0 Å². The van der Waals surface area contributed by atoms with Crippen LogP contribution in [0.2, 0.25) is 0 Å². The van der Waals surface area contributed by atoms with Crippen LogP contribution in [0.3, 0.4) is 0 Å². The van der Waals surface area contributed by atoms with E-state index in [4.69, 9.17) is 0 Å². The highest BCUT2D eigenvalue weighted by Gasteiger charge is 2.21. The maximum atomic E-state index is 2.40. The van der Waals surface area contributed by atoms with Gasteiger partial charge in [-0.2, -0.15) is 0 Å². The maximum absolute atomic E-state index is 2.40. The second-order valence-corrected chi connectivity index (χ2v) is 32.4. The number of rotatable bonds is 14. The van der Waals surface area contributed by atoms with E-state index in [2.05, 4.69) is 504 Å². The van der Waals surface area contributed by atoms with Crippen molar-refractivity contribution in [1.29, 1.82) is 0 Å². The number of hydrogen-bond donors (Lipinski definition) is 0. The van der Waals surface area contributed by atoms with Crippen molar-refractivity contribution >= 4 is 142 Å². The highest BCUT2D eigenvalue weighted by atomic mass is 15.1. The number of aromatic nitrogens is 2. The molecule has 0 atom stereocenters. The highest BCUT2D eigenvalue weighted by Crippen LogP contribution is 2.45. The van der Waals surface area contributed by atoms with Gasteiger partial charge >= 0.3 is 0 Å². The minimum atomic E-state index is 1.10. The van der Waals surface area contributed by atoms with Crippen LogP contribution in [-0.4, -0.2) is 9.13 Å². The van der Waals surface area contributed by atoms with Crippen LogP contribution in [-0.2, 0) is 0 Å². The number of benzene rings is 22. The van der Waals surface area contributed by atoms with E-state index in [1.807, 2.05) is 0 Å². The van der Waals surface area contributed by atoms with Crippen molar-refractivity contribution in [3.63, 3.8) is 0 Å². The van der Waals surface area contributed by atoms with Gasteiger partial charge in [0, 0.05) is 67.0 Å². The van der Waals surface area contributed by atoms with Crippen molar-refractivity contribution in [2.24, 2.45) is 0 Å². The SMILES string of the molecule is c1ccc2cc(-c3ccc(N(c4ccc(-c5ccc6ccccc6c5)cc4)c4ccc(-c5ccc6c(c5)c5ccccc5n6-c5ccc6ccccc6c5)cc4)cc3)ccc2c1.c1ccc2cc(-n3c4ccccc4c4cc(-c5ccc(N(c6ccc(-c7cccc8ccccc78)cc6)c6ccc(-c7cccc8ccccc78)cc6)cc5)ccc43)ccc2c1. The fourth-order valence-corrected chi connectivity index (χ4v) is 18.9. The summed E-state index contributed by atoms with van der Waals surface area (Å²) in [6, 6.07) is 177. The Morgan fingerprint density at radius 1 is 0.129 bits per heavy atom. The van der Waals surface area contributed by atoms with Crippen LogP contribution in [0.15, 0.2) is 485 Å². The summed E-state index contributed by atoms with van der Waals surface area (Å²) in [5.74, 6) is 0. The van der Waals surface area contributed by atoms with Gasteiger partial charge in [0.15, 0.2) is 0 Å². The molecule has 0 aliphatic heterocycles. The predicted molar refractivity (Wildman–Crippen MR) is 529 cm³/mol. The van der Waals surface area contributed by atoms with Crippen LogP contribution in [0, 0.1) is 0 Å². The molecule has 4 heteroatoms. The van der Waals surface area contributed by atoms with E-state index in [1.165, 1.54) is 186 Å². The van der Waals surface area contributed by atoms with E-state index < -0.39 is 0 Å². The smallest absolute Gasteiger partial charge is 0.0541 e. The Morgan fingerprint density at radius 2 is 0.363 bits per heavy atom. The van der Waals surface area contributed by atoms with E-state index in [1.54, 1.807) is 0 Å². The van der Waals surface area contributed by atoms with Crippen LogP contribution in [0.1, 0.15) is 0 Å². The summed E-state index contributed by atoms with van der Waals surface area (Å²) in [6.45, 7) is 0. The summed E-state index contributed by atoms with van der Waals surface area (Å²) in [6.07, 6.45) is 0. The molecule has 0 aliphatic rings. The van der Waals surface area contributed by atoms with Crippen LogP contribution in [0.4, 0.5) is 34.1 Å². The van der Waals surface area contributed by atoms with Crippen LogP contribution < -0.4 is 9.80 Å². The number of anilines is 6. The lowest BCUT2D eigenvalue weighted by Gasteiger charge is -2.26. The average Bonchev–Trinajstić information content (AvgIpc) is 1.67. The molecule has 4 nitrogen and oxygen atoms in total. The van der Waals surface area contributed by atoms with Crippen LogP contribution >= 0.6 is 0 Å². The van der Waals surface area contributed by atoms with E-state index in [-0.39, 0.29) is 0 Å². The topological polar surface area (TPSA) is 16.3 Å². The molecule has 24 aromatic rings.